The van der Waals surface area contributed by atoms with Crippen molar-refractivity contribution in [3.8, 4) is 0 Å². The molecule has 4 heteroatoms. The molecule has 0 aromatic rings. The molecule has 1 saturated carbocycles. The van der Waals surface area contributed by atoms with Gasteiger partial charge in [0.2, 0.25) is 7.37 Å². The zero-order valence-corrected chi connectivity index (χ0v) is 12.1. The van der Waals surface area contributed by atoms with E-state index < -0.39 is 7.37 Å². The summed E-state index contributed by atoms with van der Waals surface area (Å²) in [4.78, 5) is 0. The topological polar surface area (TPSA) is 52.3 Å². The number of hydrogen-bond acceptors (Lipinski definition) is 3. The van der Waals surface area contributed by atoms with Crippen molar-refractivity contribution in [3.05, 3.63) is 0 Å². The van der Waals surface area contributed by atoms with Crippen LogP contribution < -0.4 is 5.73 Å². The molecule has 1 rings (SSSR count). The molecule has 0 aromatic heterocycles. The first-order chi connectivity index (χ1) is 8.20. The quantitative estimate of drug-likeness (QED) is 0.679. The highest BCUT2D eigenvalue weighted by Gasteiger charge is 2.24. The van der Waals surface area contributed by atoms with E-state index in [1.54, 1.807) is 0 Å². The SMILES string of the molecule is CCOP(=O)(CCCN)CCC1CCCCC1. The molecule has 3 nitrogen and oxygen atoms in total. The highest BCUT2D eigenvalue weighted by Crippen LogP contribution is 2.49. The van der Waals surface area contributed by atoms with Crippen LogP contribution in [0.15, 0.2) is 0 Å². The van der Waals surface area contributed by atoms with Crippen LogP contribution >= 0.6 is 7.37 Å². The van der Waals surface area contributed by atoms with E-state index in [-0.39, 0.29) is 0 Å². The second-order valence-electron chi connectivity index (χ2n) is 5.11. The monoisotopic (exact) mass is 261 g/mol. The van der Waals surface area contributed by atoms with Crippen LogP contribution in [0.3, 0.4) is 0 Å². The summed E-state index contributed by atoms with van der Waals surface area (Å²) in [5.41, 5.74) is 5.49. The molecule has 2 N–H and O–H groups in total. The minimum Gasteiger partial charge on any atom is -0.330 e. The molecular weight excluding hydrogens is 233 g/mol. The Balaban J connectivity index is 2.34. The van der Waals surface area contributed by atoms with Gasteiger partial charge >= 0.3 is 0 Å². The number of nitrogens with two attached hydrogens (primary N) is 1. The third-order valence-corrected chi connectivity index (χ3v) is 6.34. The lowest BCUT2D eigenvalue weighted by atomic mass is 9.88. The fraction of sp³-hybridized carbons (Fsp3) is 1.00. The van der Waals surface area contributed by atoms with Crippen molar-refractivity contribution in [2.75, 3.05) is 25.5 Å². The third kappa shape index (κ3) is 6.03. The van der Waals surface area contributed by atoms with E-state index >= 15 is 0 Å². The Morgan fingerprint density at radius 1 is 1.24 bits per heavy atom. The van der Waals surface area contributed by atoms with Crippen LogP contribution in [-0.2, 0) is 9.09 Å². The van der Waals surface area contributed by atoms with Gasteiger partial charge in [0.25, 0.3) is 0 Å². The average molecular weight is 261 g/mol. The van der Waals surface area contributed by atoms with E-state index in [0.717, 1.165) is 24.9 Å². The summed E-state index contributed by atoms with van der Waals surface area (Å²) in [5, 5.41) is 0. The predicted molar refractivity (Wildman–Crippen MR) is 73.8 cm³/mol. The lowest BCUT2D eigenvalue weighted by molar-refractivity contribution is 0.317. The van der Waals surface area contributed by atoms with Crippen molar-refractivity contribution in [2.24, 2.45) is 11.7 Å². The Labute approximate surface area is 106 Å². The van der Waals surface area contributed by atoms with Crippen LogP contribution in [0.2, 0.25) is 0 Å². The van der Waals surface area contributed by atoms with E-state index in [4.69, 9.17) is 10.3 Å². The van der Waals surface area contributed by atoms with Crippen molar-refractivity contribution in [1.29, 1.82) is 0 Å². The summed E-state index contributed by atoms with van der Waals surface area (Å²) < 4.78 is 18.1. The third-order valence-electron chi connectivity index (χ3n) is 3.67. The molecule has 0 aromatic carbocycles. The van der Waals surface area contributed by atoms with Crippen molar-refractivity contribution in [1.82, 2.24) is 0 Å². The second kappa shape index (κ2) is 8.29. The molecule has 1 fully saturated rings. The van der Waals surface area contributed by atoms with Gasteiger partial charge in [-0.25, -0.2) is 0 Å². The Hall–Kier alpha value is 0.150. The molecule has 0 spiro atoms. The summed E-state index contributed by atoms with van der Waals surface area (Å²) in [5.74, 6) is 0.787. The summed E-state index contributed by atoms with van der Waals surface area (Å²) in [7, 11) is -2.38. The van der Waals surface area contributed by atoms with Crippen molar-refractivity contribution >= 4 is 7.37 Å². The molecule has 1 unspecified atom stereocenters. The number of rotatable bonds is 8. The van der Waals surface area contributed by atoms with Gasteiger partial charge in [0.1, 0.15) is 0 Å². The lowest BCUT2D eigenvalue weighted by Crippen LogP contribution is -2.11. The largest absolute Gasteiger partial charge is 0.330 e. The molecule has 0 radical (unpaired) electrons. The zero-order chi connectivity index (χ0) is 12.6. The standard InChI is InChI=1S/C13H28NO2P/c1-2-16-17(15,11-6-10-14)12-9-13-7-4-3-5-8-13/h13H,2-12,14H2,1H3. The van der Waals surface area contributed by atoms with Gasteiger partial charge in [-0.15, -0.1) is 0 Å². The molecule has 0 bridgehead atoms. The first kappa shape index (κ1) is 15.2. The normalized spacial score (nSPS) is 21.3. The van der Waals surface area contributed by atoms with Crippen molar-refractivity contribution in [3.63, 3.8) is 0 Å². The van der Waals surface area contributed by atoms with Gasteiger partial charge in [0, 0.05) is 12.3 Å². The second-order valence-corrected chi connectivity index (χ2v) is 7.90. The van der Waals surface area contributed by atoms with E-state index in [2.05, 4.69) is 0 Å². The van der Waals surface area contributed by atoms with Gasteiger partial charge in [0.15, 0.2) is 0 Å². The maximum atomic E-state index is 12.5. The molecule has 1 aliphatic rings. The Morgan fingerprint density at radius 2 is 1.94 bits per heavy atom. The van der Waals surface area contributed by atoms with E-state index in [1.807, 2.05) is 6.92 Å². The van der Waals surface area contributed by atoms with Gasteiger partial charge in [-0.1, -0.05) is 32.1 Å². The van der Waals surface area contributed by atoms with Gasteiger partial charge in [-0.3, -0.25) is 4.57 Å². The lowest BCUT2D eigenvalue weighted by Gasteiger charge is -2.24. The Morgan fingerprint density at radius 3 is 2.53 bits per heavy atom. The summed E-state index contributed by atoms with van der Waals surface area (Å²) in [6, 6.07) is 0. The van der Waals surface area contributed by atoms with E-state index in [9.17, 15) is 4.57 Å². The molecular formula is C13H28NO2P. The van der Waals surface area contributed by atoms with Gasteiger partial charge < -0.3 is 10.3 Å². The molecule has 1 aliphatic carbocycles. The summed E-state index contributed by atoms with van der Waals surface area (Å²) in [6.07, 6.45) is 10.1. The minimum atomic E-state index is -2.38. The van der Waals surface area contributed by atoms with Crippen LogP contribution in [0, 0.1) is 5.92 Å². The molecule has 17 heavy (non-hydrogen) atoms. The zero-order valence-electron chi connectivity index (χ0n) is 11.2. The Kier molecular flexibility index (Phi) is 7.41. The maximum Gasteiger partial charge on any atom is 0.203 e. The smallest absolute Gasteiger partial charge is 0.203 e. The fourth-order valence-electron chi connectivity index (χ4n) is 2.66. The van der Waals surface area contributed by atoms with Crippen LogP contribution in [0.1, 0.15) is 51.9 Å². The summed E-state index contributed by atoms with van der Waals surface area (Å²) in [6.45, 7) is 3.10. The molecule has 102 valence electrons. The molecule has 0 heterocycles. The van der Waals surface area contributed by atoms with E-state index in [0.29, 0.717) is 19.3 Å². The fourth-order valence-corrected chi connectivity index (χ4v) is 5.04. The summed E-state index contributed by atoms with van der Waals surface area (Å²) >= 11 is 0. The van der Waals surface area contributed by atoms with Crippen LogP contribution in [-0.4, -0.2) is 25.5 Å². The van der Waals surface area contributed by atoms with Crippen LogP contribution in [0.4, 0.5) is 0 Å². The highest BCUT2D eigenvalue weighted by molar-refractivity contribution is 7.58. The molecule has 1 atom stereocenters. The van der Waals surface area contributed by atoms with Gasteiger partial charge in [-0.05, 0) is 32.2 Å². The Bertz CT molecular complexity index is 240. The molecule has 0 amide bonds. The predicted octanol–water partition coefficient (Wildman–Crippen LogP) is 3.62. The van der Waals surface area contributed by atoms with Crippen molar-refractivity contribution in [2.45, 2.75) is 51.9 Å². The van der Waals surface area contributed by atoms with Gasteiger partial charge in [-0.2, -0.15) is 0 Å². The van der Waals surface area contributed by atoms with Crippen molar-refractivity contribution < 1.29 is 9.09 Å². The minimum absolute atomic E-state index is 0.562. The van der Waals surface area contributed by atoms with E-state index in [1.165, 1.54) is 32.1 Å². The molecule has 0 saturated heterocycles. The van der Waals surface area contributed by atoms with Gasteiger partial charge in [0.05, 0.1) is 6.61 Å². The highest BCUT2D eigenvalue weighted by atomic mass is 31.2. The maximum absolute atomic E-state index is 12.5. The van der Waals surface area contributed by atoms with Crippen LogP contribution in [0.25, 0.3) is 0 Å². The molecule has 0 aliphatic heterocycles. The number of hydrogen-bond donors (Lipinski definition) is 1. The average Bonchev–Trinajstić information content (AvgIpc) is 2.36. The van der Waals surface area contributed by atoms with Crippen LogP contribution in [0.5, 0.6) is 0 Å². The first-order valence-electron chi connectivity index (χ1n) is 7.13. The first-order valence-corrected chi connectivity index (χ1v) is 9.12.